The number of anilines is 2. The maximum absolute atomic E-state index is 9.19. The van der Waals surface area contributed by atoms with Crippen molar-refractivity contribution in [3.63, 3.8) is 0 Å². The zero-order chi connectivity index (χ0) is 15.8. The second-order valence-corrected chi connectivity index (χ2v) is 5.46. The lowest BCUT2D eigenvalue weighted by atomic mass is 10.3. The van der Waals surface area contributed by atoms with Crippen LogP contribution < -0.4 is 10.6 Å². The van der Waals surface area contributed by atoms with Gasteiger partial charge in [-0.1, -0.05) is 6.08 Å². The number of aliphatic hydroxyl groups is 1. The van der Waals surface area contributed by atoms with Crippen LogP contribution in [0.15, 0.2) is 18.5 Å². The highest BCUT2D eigenvalue weighted by Gasteiger charge is 2.25. The normalized spacial score (nSPS) is 24.7. The Labute approximate surface area is 132 Å². The van der Waals surface area contributed by atoms with Crippen LogP contribution in [0.1, 0.15) is 6.23 Å². The fraction of sp³-hybridized carbons (Fsp3) is 0.500. The average molecular weight is 318 g/mol. The van der Waals surface area contributed by atoms with Gasteiger partial charge in [0.1, 0.15) is 6.10 Å². The Morgan fingerprint density at radius 1 is 1.26 bits per heavy atom. The van der Waals surface area contributed by atoms with Crippen LogP contribution in [0.2, 0.25) is 0 Å². The summed E-state index contributed by atoms with van der Waals surface area (Å²) in [6.07, 6.45) is 4.69. The monoisotopic (exact) mass is 318 g/mol. The minimum absolute atomic E-state index is 0.0597. The predicted molar refractivity (Wildman–Crippen MR) is 82.9 cm³/mol. The molecule has 0 aliphatic carbocycles. The Hall–Kier alpha value is -2.23. The highest BCUT2D eigenvalue weighted by Crippen LogP contribution is 2.29. The molecule has 2 aromatic rings. The summed E-state index contributed by atoms with van der Waals surface area (Å²) in [7, 11) is 0. The van der Waals surface area contributed by atoms with Gasteiger partial charge in [-0.25, -0.2) is 4.98 Å². The summed E-state index contributed by atoms with van der Waals surface area (Å²) < 4.78 is 12.9. The van der Waals surface area contributed by atoms with Crippen LogP contribution in [0.3, 0.4) is 0 Å². The first-order valence-electron chi connectivity index (χ1n) is 7.53. The molecule has 2 aromatic heterocycles. The molecule has 4 heterocycles. The van der Waals surface area contributed by atoms with Crippen LogP contribution in [0.5, 0.6) is 0 Å². The van der Waals surface area contributed by atoms with Gasteiger partial charge in [0.05, 0.1) is 26.1 Å². The molecule has 23 heavy (non-hydrogen) atoms. The van der Waals surface area contributed by atoms with Crippen molar-refractivity contribution in [2.75, 3.05) is 43.5 Å². The largest absolute Gasteiger partial charge is 0.393 e. The number of rotatable bonds is 3. The SMILES string of the molecule is Nc1nc(N2CCOCC2)c2ncn([C@H]3C=C[C@@H](CO)O3)c2n1. The van der Waals surface area contributed by atoms with Gasteiger partial charge >= 0.3 is 0 Å². The highest BCUT2D eigenvalue weighted by molar-refractivity contribution is 5.85. The van der Waals surface area contributed by atoms with E-state index in [0.717, 1.165) is 18.9 Å². The molecule has 3 N–H and O–H groups in total. The third-order valence-corrected chi connectivity index (χ3v) is 3.99. The van der Waals surface area contributed by atoms with Crippen molar-refractivity contribution in [1.82, 2.24) is 19.5 Å². The first kappa shape index (κ1) is 14.4. The first-order valence-corrected chi connectivity index (χ1v) is 7.53. The number of aliphatic hydroxyl groups excluding tert-OH is 1. The van der Waals surface area contributed by atoms with Crippen LogP contribution in [0.25, 0.3) is 11.2 Å². The molecule has 9 nitrogen and oxygen atoms in total. The number of aromatic nitrogens is 4. The van der Waals surface area contributed by atoms with Gasteiger partial charge in [0.2, 0.25) is 5.95 Å². The number of nitrogen functional groups attached to an aromatic ring is 1. The summed E-state index contributed by atoms with van der Waals surface area (Å²) >= 11 is 0. The number of imidazole rings is 1. The number of nitrogens with two attached hydrogens (primary N) is 1. The Kier molecular flexibility index (Phi) is 3.60. The standard InChI is InChI=1S/C14H18N6O3/c15-14-17-12(19-3-5-22-6-4-19)11-13(18-14)20(8-16-11)10-2-1-9(7-21)23-10/h1-2,8-10,21H,3-7H2,(H2,15,17,18)/t9-,10+/m0/s1. The Balaban J connectivity index is 1.74. The van der Waals surface area contributed by atoms with E-state index < -0.39 is 0 Å². The molecule has 4 rings (SSSR count). The van der Waals surface area contributed by atoms with E-state index in [-0.39, 0.29) is 24.9 Å². The van der Waals surface area contributed by atoms with Crippen LogP contribution >= 0.6 is 0 Å². The molecule has 0 bridgehead atoms. The van der Waals surface area contributed by atoms with E-state index in [1.807, 2.05) is 12.2 Å². The quantitative estimate of drug-likeness (QED) is 0.741. The van der Waals surface area contributed by atoms with E-state index in [1.165, 1.54) is 0 Å². The Morgan fingerprint density at radius 2 is 2.09 bits per heavy atom. The third kappa shape index (κ3) is 2.52. The molecular weight excluding hydrogens is 300 g/mol. The van der Waals surface area contributed by atoms with Gasteiger partial charge < -0.3 is 25.2 Å². The number of hydrogen-bond donors (Lipinski definition) is 2. The van der Waals surface area contributed by atoms with Crippen LogP contribution in [0, 0.1) is 0 Å². The van der Waals surface area contributed by atoms with Gasteiger partial charge in [-0.3, -0.25) is 4.57 Å². The number of ether oxygens (including phenoxy) is 2. The summed E-state index contributed by atoms with van der Waals surface area (Å²) in [5, 5.41) is 9.19. The fourth-order valence-corrected chi connectivity index (χ4v) is 2.85. The minimum atomic E-state index is -0.357. The molecular formula is C14H18N6O3. The Bertz CT molecular complexity index is 739. The van der Waals surface area contributed by atoms with Crippen molar-refractivity contribution in [1.29, 1.82) is 0 Å². The summed E-state index contributed by atoms with van der Waals surface area (Å²) in [6, 6.07) is 0. The van der Waals surface area contributed by atoms with E-state index >= 15 is 0 Å². The number of nitrogens with zero attached hydrogens (tertiary/aromatic N) is 5. The van der Waals surface area contributed by atoms with Crippen LogP contribution in [0.4, 0.5) is 11.8 Å². The van der Waals surface area contributed by atoms with Crippen molar-refractivity contribution in [3.8, 4) is 0 Å². The van der Waals surface area contributed by atoms with Gasteiger partial charge in [0, 0.05) is 13.1 Å². The molecule has 2 atom stereocenters. The van der Waals surface area contributed by atoms with E-state index in [2.05, 4.69) is 19.9 Å². The first-order chi connectivity index (χ1) is 11.3. The topological polar surface area (TPSA) is 112 Å². The molecule has 122 valence electrons. The highest BCUT2D eigenvalue weighted by atomic mass is 16.5. The number of fused-ring (bicyclic) bond motifs is 1. The lowest BCUT2D eigenvalue weighted by Gasteiger charge is -2.27. The average Bonchev–Trinajstić information content (AvgIpc) is 3.21. The van der Waals surface area contributed by atoms with E-state index in [0.29, 0.717) is 24.4 Å². The summed E-state index contributed by atoms with van der Waals surface area (Å²) in [5.41, 5.74) is 7.20. The second kappa shape index (κ2) is 5.76. The lowest BCUT2D eigenvalue weighted by Crippen LogP contribution is -2.37. The number of hydrogen-bond acceptors (Lipinski definition) is 8. The summed E-state index contributed by atoms with van der Waals surface area (Å²) in [5.74, 6) is 0.914. The molecule has 0 unspecified atom stereocenters. The smallest absolute Gasteiger partial charge is 0.224 e. The molecule has 2 aliphatic rings. The van der Waals surface area contributed by atoms with Crippen molar-refractivity contribution in [2.24, 2.45) is 0 Å². The van der Waals surface area contributed by atoms with E-state index in [1.54, 1.807) is 10.9 Å². The van der Waals surface area contributed by atoms with Crippen molar-refractivity contribution in [3.05, 3.63) is 18.5 Å². The van der Waals surface area contributed by atoms with Gasteiger partial charge in [0.15, 0.2) is 23.2 Å². The number of morpholine rings is 1. The van der Waals surface area contributed by atoms with Gasteiger partial charge in [-0.05, 0) is 6.08 Å². The van der Waals surface area contributed by atoms with E-state index in [9.17, 15) is 5.11 Å². The van der Waals surface area contributed by atoms with Gasteiger partial charge in [0.25, 0.3) is 0 Å². The second-order valence-electron chi connectivity index (χ2n) is 5.46. The lowest BCUT2D eigenvalue weighted by molar-refractivity contribution is -0.00638. The van der Waals surface area contributed by atoms with Gasteiger partial charge in [-0.15, -0.1) is 0 Å². The molecule has 2 aliphatic heterocycles. The van der Waals surface area contributed by atoms with Crippen molar-refractivity contribution < 1.29 is 14.6 Å². The molecule has 0 spiro atoms. The van der Waals surface area contributed by atoms with Crippen LogP contribution in [-0.4, -0.2) is 63.6 Å². The predicted octanol–water partition coefficient (Wildman–Crippen LogP) is -0.309. The molecule has 0 saturated carbocycles. The van der Waals surface area contributed by atoms with Gasteiger partial charge in [-0.2, -0.15) is 9.97 Å². The van der Waals surface area contributed by atoms with E-state index in [4.69, 9.17) is 15.2 Å². The molecule has 0 radical (unpaired) electrons. The summed E-state index contributed by atoms with van der Waals surface area (Å²) in [4.78, 5) is 15.2. The molecule has 1 saturated heterocycles. The minimum Gasteiger partial charge on any atom is -0.393 e. The van der Waals surface area contributed by atoms with Crippen LogP contribution in [-0.2, 0) is 9.47 Å². The fourth-order valence-electron chi connectivity index (χ4n) is 2.85. The molecule has 0 amide bonds. The zero-order valence-electron chi connectivity index (χ0n) is 12.5. The summed E-state index contributed by atoms with van der Waals surface area (Å²) in [6.45, 7) is 2.73. The van der Waals surface area contributed by atoms with Crippen molar-refractivity contribution in [2.45, 2.75) is 12.3 Å². The third-order valence-electron chi connectivity index (χ3n) is 3.99. The molecule has 9 heteroatoms. The zero-order valence-corrected chi connectivity index (χ0v) is 12.5. The maximum atomic E-state index is 9.19. The maximum Gasteiger partial charge on any atom is 0.224 e. The molecule has 1 fully saturated rings. The molecule has 0 aromatic carbocycles. The van der Waals surface area contributed by atoms with Crippen molar-refractivity contribution >= 4 is 22.9 Å². The Morgan fingerprint density at radius 3 is 2.83 bits per heavy atom.